The van der Waals surface area contributed by atoms with Gasteiger partial charge in [-0.05, 0) is 43.4 Å². The Balaban J connectivity index is 1.37. The molecule has 3 fully saturated rings. The first-order chi connectivity index (χ1) is 12.1. The molecule has 0 amide bonds. The molecule has 2 aliphatic carbocycles. The predicted molar refractivity (Wildman–Crippen MR) is 95.8 cm³/mol. The third kappa shape index (κ3) is 3.14. The Morgan fingerprint density at radius 1 is 1.52 bits per heavy atom. The summed E-state index contributed by atoms with van der Waals surface area (Å²) in [6.45, 7) is 8.29. The van der Waals surface area contributed by atoms with Crippen molar-refractivity contribution in [1.29, 1.82) is 0 Å². The maximum Gasteiger partial charge on any atom is 0.310 e. The van der Waals surface area contributed by atoms with E-state index in [1.54, 1.807) is 6.33 Å². The van der Waals surface area contributed by atoms with Crippen molar-refractivity contribution in [1.82, 2.24) is 15.3 Å². The molecule has 0 bridgehead atoms. The molecule has 5 heteroatoms. The molecule has 0 radical (unpaired) electrons. The molecular formula is C20H29N3O2. The minimum absolute atomic E-state index is 0.00287. The molecule has 5 nitrogen and oxygen atoms in total. The summed E-state index contributed by atoms with van der Waals surface area (Å²) >= 11 is 0. The van der Waals surface area contributed by atoms with Gasteiger partial charge in [0.15, 0.2) is 0 Å². The van der Waals surface area contributed by atoms with E-state index in [-0.39, 0.29) is 23.4 Å². The lowest BCUT2D eigenvalue weighted by molar-refractivity contribution is -0.146. The van der Waals surface area contributed by atoms with Gasteiger partial charge in [-0.25, -0.2) is 4.98 Å². The number of aromatic nitrogens is 2. The van der Waals surface area contributed by atoms with Crippen LogP contribution in [0.4, 0.5) is 0 Å². The topological polar surface area (TPSA) is 67.0 Å². The summed E-state index contributed by atoms with van der Waals surface area (Å²) < 4.78 is 5.81. The van der Waals surface area contributed by atoms with Crippen LogP contribution >= 0.6 is 0 Å². The van der Waals surface area contributed by atoms with Gasteiger partial charge in [0.1, 0.15) is 6.10 Å². The average molecular weight is 343 g/mol. The van der Waals surface area contributed by atoms with E-state index in [1.807, 2.05) is 6.20 Å². The van der Waals surface area contributed by atoms with Gasteiger partial charge in [-0.1, -0.05) is 19.1 Å². The Labute approximate surface area is 149 Å². The van der Waals surface area contributed by atoms with Crippen molar-refractivity contribution >= 4 is 5.97 Å². The number of allylic oxidation sites excluding steroid dienone is 1. The minimum atomic E-state index is -0.00829. The lowest BCUT2D eigenvalue weighted by Crippen LogP contribution is -2.45. The van der Waals surface area contributed by atoms with Crippen LogP contribution in [0, 0.1) is 23.2 Å². The number of hydrogen-bond acceptors (Lipinski definition) is 4. The van der Waals surface area contributed by atoms with Crippen molar-refractivity contribution in [3.05, 3.63) is 30.4 Å². The normalized spacial score (nSPS) is 37.5. The Bertz CT molecular complexity index is 641. The fourth-order valence-corrected chi connectivity index (χ4v) is 5.39. The van der Waals surface area contributed by atoms with E-state index in [0.29, 0.717) is 18.4 Å². The van der Waals surface area contributed by atoms with E-state index in [0.717, 1.165) is 37.9 Å². The van der Waals surface area contributed by atoms with Gasteiger partial charge in [-0.2, -0.15) is 0 Å². The highest BCUT2D eigenvalue weighted by atomic mass is 16.6. The number of aromatic amines is 1. The van der Waals surface area contributed by atoms with E-state index in [2.05, 4.69) is 28.8 Å². The summed E-state index contributed by atoms with van der Waals surface area (Å²) in [4.78, 5) is 19.6. The van der Waals surface area contributed by atoms with Crippen LogP contribution in [0.5, 0.6) is 0 Å². The van der Waals surface area contributed by atoms with Gasteiger partial charge in [0, 0.05) is 37.3 Å². The molecule has 5 unspecified atom stereocenters. The number of esters is 1. The molecule has 2 heterocycles. The number of nitrogens with zero attached hydrogens (tertiary/aromatic N) is 1. The summed E-state index contributed by atoms with van der Waals surface area (Å²) in [5.74, 6) is 0.896. The molecule has 2 saturated carbocycles. The Kier molecular flexibility index (Phi) is 4.44. The van der Waals surface area contributed by atoms with E-state index in [4.69, 9.17) is 4.74 Å². The number of fused-ring (bicyclic) bond motifs is 2. The lowest BCUT2D eigenvalue weighted by Gasteiger charge is -2.50. The van der Waals surface area contributed by atoms with Crippen molar-refractivity contribution in [2.45, 2.75) is 51.6 Å². The van der Waals surface area contributed by atoms with Gasteiger partial charge in [0.05, 0.1) is 12.2 Å². The van der Waals surface area contributed by atoms with Gasteiger partial charge in [0.2, 0.25) is 0 Å². The second-order valence-electron chi connectivity index (χ2n) is 8.43. The smallest absolute Gasteiger partial charge is 0.310 e. The van der Waals surface area contributed by atoms with Crippen LogP contribution < -0.4 is 5.32 Å². The number of rotatable bonds is 5. The maximum absolute atomic E-state index is 12.5. The quantitative estimate of drug-likeness (QED) is 0.490. The van der Waals surface area contributed by atoms with Crippen molar-refractivity contribution in [2.75, 3.05) is 13.1 Å². The van der Waals surface area contributed by atoms with Crippen LogP contribution in [0.25, 0.3) is 0 Å². The van der Waals surface area contributed by atoms with Gasteiger partial charge in [-0.3, -0.25) is 4.79 Å². The zero-order valence-corrected chi connectivity index (χ0v) is 15.1. The molecule has 2 N–H and O–H groups in total. The van der Waals surface area contributed by atoms with E-state index >= 15 is 0 Å². The summed E-state index contributed by atoms with van der Waals surface area (Å²) in [5, 5.41) is 3.45. The van der Waals surface area contributed by atoms with Crippen molar-refractivity contribution in [3.63, 3.8) is 0 Å². The molecule has 0 spiro atoms. The second kappa shape index (κ2) is 6.60. The van der Waals surface area contributed by atoms with E-state index in [9.17, 15) is 4.79 Å². The lowest BCUT2D eigenvalue weighted by atomic mass is 9.55. The second-order valence-corrected chi connectivity index (χ2v) is 8.43. The van der Waals surface area contributed by atoms with Gasteiger partial charge >= 0.3 is 5.97 Å². The van der Waals surface area contributed by atoms with E-state index in [1.165, 1.54) is 18.4 Å². The fraction of sp³-hybridized carbons (Fsp3) is 0.700. The van der Waals surface area contributed by atoms with Crippen molar-refractivity contribution in [2.24, 2.45) is 23.2 Å². The van der Waals surface area contributed by atoms with Crippen LogP contribution in [0.2, 0.25) is 0 Å². The average Bonchev–Trinajstić information content (AvgIpc) is 3.17. The zero-order chi connectivity index (χ0) is 17.4. The Hall–Kier alpha value is -1.62. The molecule has 4 rings (SSSR count). The van der Waals surface area contributed by atoms with Gasteiger partial charge in [-0.15, -0.1) is 0 Å². The first kappa shape index (κ1) is 16.8. The highest BCUT2D eigenvalue weighted by Crippen LogP contribution is 2.56. The third-order valence-corrected chi connectivity index (χ3v) is 6.81. The number of H-pyrrole nitrogens is 1. The van der Waals surface area contributed by atoms with Crippen molar-refractivity contribution in [3.8, 4) is 0 Å². The summed E-state index contributed by atoms with van der Waals surface area (Å²) in [6, 6.07) is 0. The minimum Gasteiger partial charge on any atom is -0.462 e. The van der Waals surface area contributed by atoms with Crippen LogP contribution in [0.3, 0.4) is 0 Å². The number of hydrogen-bond donors (Lipinski definition) is 2. The number of ether oxygens (including phenoxy) is 1. The Morgan fingerprint density at radius 3 is 3.20 bits per heavy atom. The molecule has 0 aromatic carbocycles. The molecule has 1 saturated heterocycles. The van der Waals surface area contributed by atoms with E-state index < -0.39 is 0 Å². The highest BCUT2D eigenvalue weighted by molar-refractivity contribution is 5.75. The first-order valence-corrected chi connectivity index (χ1v) is 9.63. The molecule has 5 atom stereocenters. The molecule has 1 aromatic heterocycles. The fourth-order valence-electron chi connectivity index (χ4n) is 5.39. The molecular weight excluding hydrogens is 314 g/mol. The third-order valence-electron chi connectivity index (χ3n) is 6.81. The molecule has 136 valence electrons. The van der Waals surface area contributed by atoms with Crippen LogP contribution in [-0.2, 0) is 16.0 Å². The van der Waals surface area contributed by atoms with Crippen LogP contribution in [0.15, 0.2) is 24.7 Å². The standard InChI is InChI=1S/C20H29N3O2/c1-13-4-3-6-20(2)9-18-15(8-17(13)20)16(19(24)25-18)11-21-7-5-14-10-22-12-23-14/h10,12,15-18,21H,1,3-9,11H2,2H3,(H,22,23). The number of carbonyl (C=O) groups is 1. The maximum atomic E-state index is 12.5. The predicted octanol–water partition coefficient (Wildman–Crippen LogP) is 2.86. The van der Waals surface area contributed by atoms with Gasteiger partial charge < -0.3 is 15.0 Å². The molecule has 1 aliphatic heterocycles. The number of carbonyl (C=O) groups excluding carboxylic acids is 1. The monoisotopic (exact) mass is 343 g/mol. The van der Waals surface area contributed by atoms with Gasteiger partial charge in [0.25, 0.3) is 0 Å². The SMILES string of the molecule is C=C1CCCC2(C)CC3OC(=O)C(CNCCc4cnc[nH]4)C3CC12. The summed E-state index contributed by atoms with van der Waals surface area (Å²) in [5.41, 5.74) is 2.79. The highest BCUT2D eigenvalue weighted by Gasteiger charge is 2.54. The zero-order valence-electron chi connectivity index (χ0n) is 15.1. The Morgan fingerprint density at radius 2 is 2.40 bits per heavy atom. The largest absolute Gasteiger partial charge is 0.462 e. The summed E-state index contributed by atoms with van der Waals surface area (Å²) in [6.07, 6.45) is 10.3. The summed E-state index contributed by atoms with van der Waals surface area (Å²) in [7, 11) is 0. The van der Waals surface area contributed by atoms with Crippen LogP contribution in [0.1, 0.15) is 44.7 Å². The van der Waals surface area contributed by atoms with Crippen molar-refractivity contribution < 1.29 is 9.53 Å². The van der Waals surface area contributed by atoms with Crippen LogP contribution in [-0.4, -0.2) is 35.1 Å². The number of imidazole rings is 1. The molecule has 1 aromatic rings. The molecule has 25 heavy (non-hydrogen) atoms. The number of nitrogens with one attached hydrogen (secondary N) is 2. The first-order valence-electron chi connectivity index (χ1n) is 9.63. The molecule has 3 aliphatic rings.